The summed E-state index contributed by atoms with van der Waals surface area (Å²) < 4.78 is 28.3. The largest absolute Gasteiger partial charge is 0.480 e. The first kappa shape index (κ1) is 15.7. The summed E-state index contributed by atoms with van der Waals surface area (Å²) in [5, 5.41) is 9.18. The minimum absolute atomic E-state index is 0.213. The lowest BCUT2D eigenvalue weighted by atomic mass is 10.1. The lowest BCUT2D eigenvalue weighted by Crippen LogP contribution is -2.50. The van der Waals surface area contributed by atoms with Crippen molar-refractivity contribution in [3.63, 3.8) is 0 Å². The van der Waals surface area contributed by atoms with Crippen LogP contribution in [0.4, 0.5) is 5.69 Å². The molecule has 1 aliphatic heterocycles. The SMILES string of the molecule is Cc1ccc(NS(=O)(=O)N2CCCCC2C(=O)O)c(C)n1. The Kier molecular flexibility index (Phi) is 4.48. The number of rotatable bonds is 4. The van der Waals surface area contributed by atoms with Gasteiger partial charge in [-0.3, -0.25) is 14.5 Å². The first-order chi connectivity index (χ1) is 9.81. The van der Waals surface area contributed by atoms with E-state index in [0.717, 1.165) is 10.00 Å². The van der Waals surface area contributed by atoms with E-state index in [-0.39, 0.29) is 6.54 Å². The topological polar surface area (TPSA) is 99.6 Å². The molecule has 2 rings (SSSR count). The van der Waals surface area contributed by atoms with Gasteiger partial charge < -0.3 is 5.11 Å². The number of aryl methyl sites for hydroxylation is 2. The van der Waals surface area contributed by atoms with Crippen molar-refractivity contribution < 1.29 is 18.3 Å². The quantitative estimate of drug-likeness (QED) is 0.872. The maximum absolute atomic E-state index is 12.4. The summed E-state index contributed by atoms with van der Waals surface area (Å²) in [5.41, 5.74) is 1.72. The molecule has 0 spiro atoms. The number of carboxylic acids is 1. The van der Waals surface area contributed by atoms with Crippen LogP contribution in [-0.4, -0.2) is 41.4 Å². The number of nitrogens with one attached hydrogen (secondary N) is 1. The summed E-state index contributed by atoms with van der Waals surface area (Å²) in [6.07, 6.45) is 1.71. The first-order valence-corrected chi connectivity index (χ1v) is 8.22. The molecule has 7 nitrogen and oxygen atoms in total. The van der Waals surface area contributed by atoms with Crippen molar-refractivity contribution in [3.05, 3.63) is 23.5 Å². The standard InChI is InChI=1S/C13H19N3O4S/c1-9-6-7-11(10(2)14-9)15-21(19,20)16-8-4-3-5-12(16)13(17)18/h6-7,12,15H,3-5,8H2,1-2H3,(H,17,18). The molecule has 2 N–H and O–H groups in total. The highest BCUT2D eigenvalue weighted by Gasteiger charge is 2.36. The lowest BCUT2D eigenvalue weighted by molar-refractivity contribution is -0.142. The third-order valence-corrected chi connectivity index (χ3v) is 5.04. The van der Waals surface area contributed by atoms with Crippen molar-refractivity contribution in [2.24, 2.45) is 0 Å². The molecule has 0 aliphatic carbocycles. The molecule has 0 amide bonds. The highest BCUT2D eigenvalue weighted by molar-refractivity contribution is 7.90. The number of hydrogen-bond donors (Lipinski definition) is 2. The molecule has 1 aromatic rings. The molecule has 1 unspecified atom stereocenters. The van der Waals surface area contributed by atoms with Crippen LogP contribution in [0.1, 0.15) is 30.7 Å². The molecule has 1 fully saturated rings. The number of aromatic nitrogens is 1. The molecule has 0 aromatic carbocycles. The molecule has 1 atom stereocenters. The van der Waals surface area contributed by atoms with E-state index in [1.807, 2.05) is 6.92 Å². The first-order valence-electron chi connectivity index (χ1n) is 6.78. The number of pyridine rings is 1. The summed E-state index contributed by atoms with van der Waals surface area (Å²) in [6.45, 7) is 3.73. The summed E-state index contributed by atoms with van der Waals surface area (Å²) >= 11 is 0. The Labute approximate surface area is 124 Å². The van der Waals surface area contributed by atoms with E-state index in [4.69, 9.17) is 0 Å². The Morgan fingerprint density at radius 1 is 1.38 bits per heavy atom. The Balaban J connectivity index is 2.26. The predicted molar refractivity (Wildman–Crippen MR) is 78.2 cm³/mol. The number of hydrogen-bond acceptors (Lipinski definition) is 4. The molecular weight excluding hydrogens is 294 g/mol. The molecule has 0 bridgehead atoms. The zero-order chi connectivity index (χ0) is 15.6. The van der Waals surface area contributed by atoms with Crippen molar-refractivity contribution >= 4 is 21.9 Å². The molecule has 1 aliphatic rings. The average Bonchev–Trinajstić information content (AvgIpc) is 2.42. The van der Waals surface area contributed by atoms with Gasteiger partial charge in [-0.2, -0.15) is 12.7 Å². The number of piperidine rings is 1. The molecule has 0 saturated carbocycles. The molecule has 2 heterocycles. The lowest BCUT2D eigenvalue weighted by Gasteiger charge is -2.32. The van der Waals surface area contributed by atoms with Crippen molar-refractivity contribution in [1.29, 1.82) is 0 Å². The maximum atomic E-state index is 12.4. The third-order valence-electron chi connectivity index (χ3n) is 3.51. The molecule has 0 radical (unpaired) electrons. The molecule has 1 saturated heterocycles. The smallest absolute Gasteiger partial charge is 0.322 e. The van der Waals surface area contributed by atoms with Crippen LogP contribution in [0.2, 0.25) is 0 Å². The second-order valence-electron chi connectivity index (χ2n) is 5.15. The second-order valence-corrected chi connectivity index (χ2v) is 6.78. The number of aliphatic carboxylic acids is 1. The zero-order valence-corrected chi connectivity index (χ0v) is 12.9. The van der Waals surface area contributed by atoms with Gasteiger partial charge in [-0.15, -0.1) is 0 Å². The highest BCUT2D eigenvalue weighted by atomic mass is 32.2. The van der Waals surface area contributed by atoms with E-state index >= 15 is 0 Å². The van der Waals surface area contributed by atoms with Crippen molar-refractivity contribution in [2.45, 2.75) is 39.2 Å². The van der Waals surface area contributed by atoms with E-state index in [2.05, 4.69) is 9.71 Å². The Morgan fingerprint density at radius 3 is 2.71 bits per heavy atom. The van der Waals surface area contributed by atoms with Crippen LogP contribution in [0.5, 0.6) is 0 Å². The van der Waals surface area contributed by atoms with Gasteiger partial charge in [0.15, 0.2) is 0 Å². The van der Waals surface area contributed by atoms with Crippen molar-refractivity contribution in [1.82, 2.24) is 9.29 Å². The van der Waals surface area contributed by atoms with Gasteiger partial charge in [0.1, 0.15) is 6.04 Å². The Bertz CT molecular complexity index is 645. The van der Waals surface area contributed by atoms with E-state index in [0.29, 0.717) is 30.6 Å². The van der Waals surface area contributed by atoms with E-state index in [1.165, 1.54) is 0 Å². The van der Waals surface area contributed by atoms with E-state index in [9.17, 15) is 18.3 Å². The summed E-state index contributed by atoms with van der Waals surface area (Å²) in [7, 11) is -3.90. The van der Waals surface area contributed by atoms with Gasteiger partial charge in [-0.25, -0.2) is 0 Å². The van der Waals surface area contributed by atoms with Crippen molar-refractivity contribution in [3.8, 4) is 0 Å². The normalized spacial score (nSPS) is 20.2. The third kappa shape index (κ3) is 3.51. The van der Waals surface area contributed by atoms with Gasteiger partial charge in [0, 0.05) is 12.2 Å². The van der Waals surface area contributed by atoms with Gasteiger partial charge in [-0.1, -0.05) is 0 Å². The number of nitrogens with zero attached hydrogens (tertiary/aromatic N) is 2. The van der Waals surface area contributed by atoms with Crippen LogP contribution in [0.25, 0.3) is 0 Å². The zero-order valence-electron chi connectivity index (χ0n) is 12.0. The van der Waals surface area contributed by atoms with Gasteiger partial charge in [-0.05, 0) is 45.2 Å². The Hall–Kier alpha value is -1.67. The van der Waals surface area contributed by atoms with Crippen LogP contribution < -0.4 is 4.72 Å². The number of carbonyl (C=O) groups is 1. The van der Waals surface area contributed by atoms with Gasteiger partial charge in [0.05, 0.1) is 11.4 Å². The minimum Gasteiger partial charge on any atom is -0.480 e. The summed E-state index contributed by atoms with van der Waals surface area (Å²) in [5.74, 6) is -1.11. The van der Waals surface area contributed by atoms with E-state index in [1.54, 1.807) is 19.1 Å². The summed E-state index contributed by atoms with van der Waals surface area (Å²) in [6, 6.07) is 2.33. The maximum Gasteiger partial charge on any atom is 0.322 e. The predicted octanol–water partition coefficient (Wildman–Crippen LogP) is 1.29. The molecule has 116 valence electrons. The van der Waals surface area contributed by atoms with Crippen molar-refractivity contribution in [2.75, 3.05) is 11.3 Å². The van der Waals surface area contributed by atoms with Crippen LogP contribution in [-0.2, 0) is 15.0 Å². The molecule has 8 heteroatoms. The van der Waals surface area contributed by atoms with E-state index < -0.39 is 22.2 Å². The van der Waals surface area contributed by atoms with Crippen LogP contribution in [0.3, 0.4) is 0 Å². The van der Waals surface area contributed by atoms with Gasteiger partial charge in [0.25, 0.3) is 0 Å². The fourth-order valence-electron chi connectivity index (χ4n) is 2.43. The highest BCUT2D eigenvalue weighted by Crippen LogP contribution is 2.23. The molecule has 1 aromatic heterocycles. The second kappa shape index (κ2) is 5.98. The number of carboxylic acid groups (broad SMARTS) is 1. The van der Waals surface area contributed by atoms with Gasteiger partial charge >= 0.3 is 16.2 Å². The Morgan fingerprint density at radius 2 is 2.10 bits per heavy atom. The summed E-state index contributed by atoms with van der Waals surface area (Å²) in [4.78, 5) is 15.4. The van der Waals surface area contributed by atoms with Crippen LogP contribution in [0, 0.1) is 13.8 Å². The molecule has 21 heavy (non-hydrogen) atoms. The number of anilines is 1. The molecular formula is C13H19N3O4S. The van der Waals surface area contributed by atoms with Gasteiger partial charge in [0.2, 0.25) is 0 Å². The van der Waals surface area contributed by atoms with Crippen LogP contribution in [0.15, 0.2) is 12.1 Å². The van der Waals surface area contributed by atoms with Crippen LogP contribution >= 0.6 is 0 Å². The fraction of sp³-hybridized carbons (Fsp3) is 0.538. The fourth-order valence-corrected chi connectivity index (χ4v) is 3.94. The minimum atomic E-state index is -3.90. The monoisotopic (exact) mass is 313 g/mol. The average molecular weight is 313 g/mol.